The van der Waals surface area contributed by atoms with Crippen LogP contribution in [0.25, 0.3) is 0 Å². The zero-order valence-electron chi connectivity index (χ0n) is 10.1. The minimum absolute atomic E-state index is 0.0579. The molecule has 2 N–H and O–H groups in total. The van der Waals surface area contributed by atoms with E-state index in [2.05, 4.69) is 5.10 Å². The van der Waals surface area contributed by atoms with E-state index >= 15 is 0 Å². The second-order valence-electron chi connectivity index (χ2n) is 3.87. The molecule has 0 amide bonds. The smallest absolute Gasteiger partial charge is 0.222 e. The van der Waals surface area contributed by atoms with Crippen molar-refractivity contribution in [3.05, 3.63) is 40.3 Å². The summed E-state index contributed by atoms with van der Waals surface area (Å²) in [4.78, 5) is 0. The molecule has 2 rings (SSSR count). The van der Waals surface area contributed by atoms with Gasteiger partial charge in [-0.25, -0.2) is 9.07 Å². The fourth-order valence-electron chi connectivity index (χ4n) is 1.70. The zero-order chi connectivity index (χ0) is 13.3. The topological polar surface area (TPSA) is 53.1 Å². The molecular weight excluding hydrogens is 257 g/mol. The molecule has 4 nitrogen and oxygen atoms in total. The molecule has 1 aromatic heterocycles. The lowest BCUT2D eigenvalue weighted by atomic mass is 10.2. The summed E-state index contributed by atoms with van der Waals surface area (Å²) in [6.07, 6.45) is 0. The number of nitrogens with zero attached hydrogens (tertiary/aromatic N) is 2. The monoisotopic (exact) mass is 269 g/mol. The second kappa shape index (κ2) is 4.96. The predicted octanol–water partition coefficient (Wildman–Crippen LogP) is 2.77. The van der Waals surface area contributed by atoms with Gasteiger partial charge < -0.3 is 10.5 Å². The Kier molecular flexibility index (Phi) is 3.54. The standard InChI is InChI=1S/C12H13ClFN3O/c1-7-9(6-15)12(17(2)16-7)18-8-3-4-10(13)11(14)5-8/h3-5H,6,15H2,1-2H3. The molecule has 0 bridgehead atoms. The summed E-state index contributed by atoms with van der Waals surface area (Å²) in [6, 6.07) is 4.26. The number of hydrogen-bond acceptors (Lipinski definition) is 3. The molecule has 0 spiro atoms. The summed E-state index contributed by atoms with van der Waals surface area (Å²) in [5, 5.41) is 4.27. The number of nitrogens with two attached hydrogens (primary N) is 1. The largest absolute Gasteiger partial charge is 0.439 e. The van der Waals surface area contributed by atoms with Crippen LogP contribution in [0.3, 0.4) is 0 Å². The molecule has 0 atom stereocenters. The SMILES string of the molecule is Cc1nn(C)c(Oc2ccc(Cl)c(F)c2)c1CN. The van der Waals surface area contributed by atoms with E-state index in [0.717, 1.165) is 11.3 Å². The summed E-state index contributed by atoms with van der Waals surface area (Å²) < 4.78 is 20.5. The maximum absolute atomic E-state index is 13.3. The first-order chi connectivity index (χ1) is 8.52. The molecule has 0 fully saturated rings. The summed E-state index contributed by atoms with van der Waals surface area (Å²) in [6.45, 7) is 2.16. The molecule has 0 aliphatic carbocycles. The molecule has 0 aliphatic rings. The summed E-state index contributed by atoms with van der Waals surface area (Å²) in [5.41, 5.74) is 7.24. The Balaban J connectivity index is 2.36. The first kappa shape index (κ1) is 12.9. The van der Waals surface area contributed by atoms with Crippen LogP contribution in [0, 0.1) is 12.7 Å². The van der Waals surface area contributed by atoms with Crippen LogP contribution >= 0.6 is 11.6 Å². The highest BCUT2D eigenvalue weighted by atomic mass is 35.5. The Morgan fingerprint density at radius 2 is 2.22 bits per heavy atom. The lowest BCUT2D eigenvalue weighted by Crippen LogP contribution is -2.01. The Morgan fingerprint density at radius 3 is 2.83 bits per heavy atom. The Labute approximate surface area is 109 Å². The van der Waals surface area contributed by atoms with Crippen LogP contribution in [0.15, 0.2) is 18.2 Å². The summed E-state index contributed by atoms with van der Waals surface area (Å²) in [5.74, 6) is 0.341. The van der Waals surface area contributed by atoms with Gasteiger partial charge in [-0.1, -0.05) is 11.6 Å². The zero-order valence-corrected chi connectivity index (χ0v) is 10.8. The van der Waals surface area contributed by atoms with Crippen LogP contribution < -0.4 is 10.5 Å². The summed E-state index contributed by atoms with van der Waals surface area (Å²) in [7, 11) is 1.74. The van der Waals surface area contributed by atoms with E-state index in [1.807, 2.05) is 6.92 Å². The van der Waals surface area contributed by atoms with E-state index in [1.54, 1.807) is 17.8 Å². The third-order valence-electron chi connectivity index (χ3n) is 2.60. The highest BCUT2D eigenvalue weighted by Gasteiger charge is 2.14. The molecular formula is C12H13ClFN3O. The lowest BCUT2D eigenvalue weighted by Gasteiger charge is -2.08. The average Bonchev–Trinajstić information content (AvgIpc) is 2.58. The molecule has 18 heavy (non-hydrogen) atoms. The van der Waals surface area contributed by atoms with Gasteiger partial charge in [0.1, 0.15) is 11.6 Å². The van der Waals surface area contributed by atoms with Crippen molar-refractivity contribution in [2.45, 2.75) is 13.5 Å². The quantitative estimate of drug-likeness (QED) is 0.932. The van der Waals surface area contributed by atoms with Gasteiger partial charge in [0.15, 0.2) is 0 Å². The number of halogens is 2. The number of aromatic nitrogens is 2. The van der Waals surface area contributed by atoms with Crippen LogP contribution in [-0.2, 0) is 13.6 Å². The fourth-order valence-corrected chi connectivity index (χ4v) is 1.81. The molecule has 0 radical (unpaired) electrons. The first-order valence-electron chi connectivity index (χ1n) is 5.38. The maximum atomic E-state index is 13.3. The van der Waals surface area contributed by atoms with E-state index in [-0.39, 0.29) is 5.02 Å². The van der Waals surface area contributed by atoms with E-state index in [0.29, 0.717) is 18.2 Å². The van der Waals surface area contributed by atoms with Crippen molar-refractivity contribution in [3.8, 4) is 11.6 Å². The van der Waals surface area contributed by atoms with Crippen LogP contribution in [0.5, 0.6) is 11.6 Å². The third-order valence-corrected chi connectivity index (χ3v) is 2.91. The highest BCUT2D eigenvalue weighted by Crippen LogP contribution is 2.28. The fraction of sp³-hybridized carbons (Fsp3) is 0.250. The van der Waals surface area contributed by atoms with Gasteiger partial charge in [-0.05, 0) is 19.1 Å². The van der Waals surface area contributed by atoms with E-state index < -0.39 is 5.82 Å². The lowest BCUT2D eigenvalue weighted by molar-refractivity contribution is 0.423. The Bertz CT molecular complexity index is 583. The van der Waals surface area contributed by atoms with E-state index in [9.17, 15) is 4.39 Å². The van der Waals surface area contributed by atoms with Crippen molar-refractivity contribution < 1.29 is 9.13 Å². The van der Waals surface area contributed by atoms with Crippen molar-refractivity contribution in [1.82, 2.24) is 9.78 Å². The molecule has 0 saturated carbocycles. The van der Waals surface area contributed by atoms with Crippen LogP contribution in [0.2, 0.25) is 5.02 Å². The third kappa shape index (κ3) is 2.32. The summed E-state index contributed by atoms with van der Waals surface area (Å²) >= 11 is 5.61. The normalized spacial score (nSPS) is 10.7. The maximum Gasteiger partial charge on any atom is 0.222 e. The van der Waals surface area contributed by atoms with Gasteiger partial charge in [0, 0.05) is 19.7 Å². The minimum Gasteiger partial charge on any atom is -0.439 e. The number of ether oxygens (including phenoxy) is 1. The Morgan fingerprint density at radius 1 is 1.50 bits per heavy atom. The van der Waals surface area contributed by atoms with Crippen molar-refractivity contribution in [2.75, 3.05) is 0 Å². The highest BCUT2D eigenvalue weighted by molar-refractivity contribution is 6.30. The molecule has 6 heteroatoms. The van der Waals surface area contributed by atoms with Crippen molar-refractivity contribution >= 4 is 11.6 Å². The molecule has 96 valence electrons. The minimum atomic E-state index is -0.526. The van der Waals surface area contributed by atoms with Gasteiger partial charge in [-0.15, -0.1) is 0 Å². The van der Waals surface area contributed by atoms with Crippen molar-refractivity contribution in [2.24, 2.45) is 12.8 Å². The molecule has 2 aromatic rings. The molecule has 1 heterocycles. The molecule has 0 unspecified atom stereocenters. The van der Waals surface area contributed by atoms with Gasteiger partial charge in [-0.2, -0.15) is 5.10 Å². The number of hydrogen-bond donors (Lipinski definition) is 1. The Hall–Kier alpha value is -1.59. The number of aryl methyl sites for hydroxylation is 2. The second-order valence-corrected chi connectivity index (χ2v) is 4.28. The van der Waals surface area contributed by atoms with Gasteiger partial charge in [0.05, 0.1) is 16.3 Å². The van der Waals surface area contributed by atoms with Gasteiger partial charge >= 0.3 is 0 Å². The number of benzene rings is 1. The molecule has 1 aromatic carbocycles. The molecule has 0 aliphatic heterocycles. The van der Waals surface area contributed by atoms with Crippen LogP contribution in [-0.4, -0.2) is 9.78 Å². The van der Waals surface area contributed by atoms with Crippen LogP contribution in [0.1, 0.15) is 11.3 Å². The van der Waals surface area contributed by atoms with Gasteiger partial charge in [0.25, 0.3) is 0 Å². The molecule has 0 saturated heterocycles. The van der Waals surface area contributed by atoms with Gasteiger partial charge in [0.2, 0.25) is 5.88 Å². The van der Waals surface area contributed by atoms with Crippen LogP contribution in [0.4, 0.5) is 4.39 Å². The average molecular weight is 270 g/mol. The van der Waals surface area contributed by atoms with Gasteiger partial charge in [-0.3, -0.25) is 0 Å². The van der Waals surface area contributed by atoms with Crippen molar-refractivity contribution in [1.29, 1.82) is 0 Å². The number of rotatable bonds is 3. The van der Waals surface area contributed by atoms with Crippen molar-refractivity contribution in [3.63, 3.8) is 0 Å². The predicted molar refractivity (Wildman–Crippen MR) is 67.3 cm³/mol. The van der Waals surface area contributed by atoms with E-state index in [1.165, 1.54) is 12.1 Å². The first-order valence-corrected chi connectivity index (χ1v) is 5.76. The van der Waals surface area contributed by atoms with E-state index in [4.69, 9.17) is 22.1 Å².